The van der Waals surface area contributed by atoms with Crippen LogP contribution in [0, 0.1) is 11.8 Å². The van der Waals surface area contributed by atoms with E-state index in [2.05, 4.69) is 28.5 Å². The number of hydrogen-bond acceptors (Lipinski definition) is 4. The molecule has 2 aliphatic rings. The van der Waals surface area contributed by atoms with E-state index in [1.807, 2.05) is 48.5 Å². The molecule has 0 bridgehead atoms. The van der Waals surface area contributed by atoms with Crippen molar-refractivity contribution in [1.29, 1.82) is 0 Å². The molecule has 2 atom stereocenters. The maximum Gasteiger partial charge on any atom is 0.297 e. The van der Waals surface area contributed by atoms with Gasteiger partial charge >= 0.3 is 0 Å². The van der Waals surface area contributed by atoms with Crippen LogP contribution in [-0.2, 0) is 26.4 Å². The van der Waals surface area contributed by atoms with E-state index >= 15 is 0 Å². The lowest BCUT2D eigenvalue weighted by Gasteiger charge is -2.34. The van der Waals surface area contributed by atoms with Gasteiger partial charge in [0.05, 0.1) is 12.6 Å². The van der Waals surface area contributed by atoms with Crippen LogP contribution in [0.15, 0.2) is 60.7 Å². The number of carbonyl (C=O) groups excluding carboxylic acids is 1. The normalized spacial score (nSPS) is 21.7. The molecule has 182 valence electrons. The maximum absolute atomic E-state index is 13.4. The fourth-order valence-corrected chi connectivity index (χ4v) is 5.12. The third-order valence-electron chi connectivity index (χ3n) is 6.78. The Bertz CT molecular complexity index is 1220. The van der Waals surface area contributed by atoms with E-state index in [1.165, 1.54) is 10.6 Å². The van der Waals surface area contributed by atoms with Crippen LogP contribution in [-0.4, -0.2) is 42.2 Å². The van der Waals surface area contributed by atoms with Crippen molar-refractivity contribution in [2.45, 2.75) is 56.9 Å². The molecule has 0 radical (unpaired) electrons. The first-order chi connectivity index (χ1) is 17.2. The number of aromatic nitrogens is 1. The Morgan fingerprint density at radius 1 is 1.11 bits per heavy atom. The van der Waals surface area contributed by atoms with E-state index in [9.17, 15) is 4.79 Å². The Balaban J connectivity index is 1.43. The van der Waals surface area contributed by atoms with Crippen molar-refractivity contribution in [2.75, 3.05) is 20.3 Å². The molecule has 3 heterocycles. The van der Waals surface area contributed by atoms with Crippen LogP contribution in [0.3, 0.4) is 0 Å². The summed E-state index contributed by atoms with van der Waals surface area (Å²) in [6.07, 6.45) is 5.87. The van der Waals surface area contributed by atoms with Gasteiger partial charge in [-0.05, 0) is 55.7 Å². The smallest absolute Gasteiger partial charge is 0.297 e. The molecule has 1 fully saturated rings. The summed E-state index contributed by atoms with van der Waals surface area (Å²) in [5.74, 6) is 6.68. The Kier molecular flexibility index (Phi) is 7.19. The lowest BCUT2D eigenvalue weighted by molar-refractivity contribution is -0.173. The van der Waals surface area contributed by atoms with Crippen LogP contribution in [0.4, 0.5) is 0 Å². The number of fused-ring (bicyclic) bond motifs is 3. The predicted molar refractivity (Wildman–Crippen MR) is 134 cm³/mol. The molecule has 0 N–H and O–H groups in total. The number of rotatable bonds is 8. The Labute approximate surface area is 206 Å². The van der Waals surface area contributed by atoms with Gasteiger partial charge in [-0.25, -0.2) is 0 Å². The zero-order chi connectivity index (χ0) is 24.1. The summed E-state index contributed by atoms with van der Waals surface area (Å²) in [6, 6.07) is 20.3. The van der Waals surface area contributed by atoms with Gasteiger partial charge in [-0.2, -0.15) is 5.06 Å². The van der Waals surface area contributed by atoms with E-state index in [0.717, 1.165) is 43.2 Å². The molecular formula is C29H32N2O4. The van der Waals surface area contributed by atoms with Crippen LogP contribution in [0.1, 0.15) is 54.6 Å². The fourth-order valence-electron chi connectivity index (χ4n) is 5.12. The van der Waals surface area contributed by atoms with Gasteiger partial charge in [0.2, 0.25) is 5.66 Å². The molecule has 2 aliphatic heterocycles. The van der Waals surface area contributed by atoms with E-state index in [4.69, 9.17) is 14.3 Å². The molecule has 5 rings (SSSR count). The molecule has 1 saturated heterocycles. The summed E-state index contributed by atoms with van der Waals surface area (Å²) in [5.41, 5.74) is 1.89. The summed E-state index contributed by atoms with van der Waals surface area (Å²) >= 11 is 0. The lowest BCUT2D eigenvalue weighted by atomic mass is 10.0. The number of hydroxylamine groups is 2. The highest BCUT2D eigenvalue weighted by atomic mass is 16.7. The number of benzene rings is 2. The number of para-hydroxylation sites is 1. The van der Waals surface area contributed by atoms with Crippen molar-refractivity contribution in [3.8, 4) is 11.8 Å². The van der Waals surface area contributed by atoms with E-state index in [1.54, 1.807) is 7.11 Å². The largest absolute Gasteiger partial charge is 0.353 e. The third-order valence-corrected chi connectivity index (χ3v) is 6.78. The molecule has 0 spiro atoms. The van der Waals surface area contributed by atoms with E-state index < -0.39 is 5.66 Å². The third kappa shape index (κ3) is 4.72. The zero-order valence-electron chi connectivity index (χ0n) is 20.2. The standard InChI is InChI=1S/C29H32N2O4/c1-33-31-28(32)26-22-24-15-5-6-16-25(24)30(26)29(31,18-9-7-14-23-12-3-2-4-13-23)19-11-21-35-27-17-8-10-20-34-27/h2-6,12-13,15-16,22,27H,7-8,10-11,14,17,19-21H2,1H3. The molecular weight excluding hydrogens is 440 g/mol. The first-order valence-electron chi connectivity index (χ1n) is 12.5. The summed E-state index contributed by atoms with van der Waals surface area (Å²) in [5, 5.41) is 2.47. The van der Waals surface area contributed by atoms with Gasteiger partial charge in [0.15, 0.2) is 6.29 Å². The van der Waals surface area contributed by atoms with Crippen LogP contribution >= 0.6 is 0 Å². The number of nitrogens with zero attached hydrogens (tertiary/aromatic N) is 2. The molecule has 2 aromatic carbocycles. The summed E-state index contributed by atoms with van der Waals surface area (Å²) in [7, 11) is 1.54. The van der Waals surface area contributed by atoms with Crippen molar-refractivity contribution in [1.82, 2.24) is 9.63 Å². The predicted octanol–water partition coefficient (Wildman–Crippen LogP) is 5.27. The highest BCUT2D eigenvalue weighted by Crippen LogP contribution is 2.41. The van der Waals surface area contributed by atoms with Crippen molar-refractivity contribution < 1.29 is 19.1 Å². The molecule has 6 heteroatoms. The first kappa shape index (κ1) is 23.6. The number of aryl methyl sites for hydroxylation is 1. The van der Waals surface area contributed by atoms with Gasteiger partial charge in [-0.3, -0.25) is 14.2 Å². The zero-order valence-corrected chi connectivity index (χ0v) is 20.2. The minimum Gasteiger partial charge on any atom is -0.353 e. The molecule has 35 heavy (non-hydrogen) atoms. The quantitative estimate of drug-likeness (QED) is 0.331. The topological polar surface area (TPSA) is 52.9 Å². The van der Waals surface area contributed by atoms with E-state index in [0.29, 0.717) is 31.6 Å². The van der Waals surface area contributed by atoms with Gasteiger partial charge in [0.25, 0.3) is 5.91 Å². The molecule has 3 aromatic rings. The number of carbonyl (C=O) groups is 1. The van der Waals surface area contributed by atoms with Crippen LogP contribution < -0.4 is 0 Å². The summed E-state index contributed by atoms with van der Waals surface area (Å²) in [6.45, 7) is 1.30. The molecule has 1 amide bonds. The van der Waals surface area contributed by atoms with Gasteiger partial charge < -0.3 is 9.47 Å². The molecule has 0 aliphatic carbocycles. The Hall–Kier alpha value is -3.11. The van der Waals surface area contributed by atoms with Gasteiger partial charge in [0.1, 0.15) is 5.69 Å². The second-order valence-corrected chi connectivity index (χ2v) is 9.08. The maximum atomic E-state index is 13.4. The van der Waals surface area contributed by atoms with Gasteiger partial charge in [-0.15, -0.1) is 0 Å². The van der Waals surface area contributed by atoms with Crippen molar-refractivity contribution in [3.63, 3.8) is 0 Å². The average molecular weight is 473 g/mol. The monoisotopic (exact) mass is 472 g/mol. The van der Waals surface area contributed by atoms with Crippen molar-refractivity contribution >= 4 is 16.8 Å². The molecule has 2 unspecified atom stereocenters. The number of amides is 1. The summed E-state index contributed by atoms with van der Waals surface area (Å²) < 4.78 is 13.8. The second-order valence-electron chi connectivity index (χ2n) is 9.08. The summed E-state index contributed by atoms with van der Waals surface area (Å²) in [4.78, 5) is 19.1. The minimum atomic E-state index is -0.933. The first-order valence-corrected chi connectivity index (χ1v) is 12.5. The SMILES string of the molecule is CON1C(=O)c2cc3ccccc3n2C1(C#CCCc1ccccc1)CCCOC1CCCCO1. The van der Waals surface area contributed by atoms with Crippen LogP contribution in [0.25, 0.3) is 10.9 Å². The van der Waals surface area contributed by atoms with Gasteiger partial charge in [-0.1, -0.05) is 54.5 Å². The molecule has 0 saturated carbocycles. The van der Waals surface area contributed by atoms with Crippen LogP contribution in [0.5, 0.6) is 0 Å². The average Bonchev–Trinajstić information content (AvgIpc) is 3.40. The van der Waals surface area contributed by atoms with Crippen molar-refractivity contribution in [2.24, 2.45) is 0 Å². The Morgan fingerprint density at radius 3 is 2.74 bits per heavy atom. The highest BCUT2D eigenvalue weighted by molar-refractivity contribution is 6.01. The fraction of sp³-hybridized carbons (Fsp3) is 0.414. The highest BCUT2D eigenvalue weighted by Gasteiger charge is 2.50. The van der Waals surface area contributed by atoms with E-state index in [-0.39, 0.29) is 12.2 Å². The lowest BCUT2D eigenvalue weighted by Crippen LogP contribution is -2.45. The molecule has 1 aromatic heterocycles. The molecule has 6 nitrogen and oxygen atoms in total. The minimum absolute atomic E-state index is 0.136. The van der Waals surface area contributed by atoms with Crippen molar-refractivity contribution in [3.05, 3.63) is 71.9 Å². The second kappa shape index (κ2) is 10.7. The van der Waals surface area contributed by atoms with Gasteiger partial charge in [0, 0.05) is 31.4 Å². The number of ether oxygens (including phenoxy) is 2. The Morgan fingerprint density at radius 2 is 1.94 bits per heavy atom. The van der Waals surface area contributed by atoms with Crippen LogP contribution in [0.2, 0.25) is 0 Å². The number of hydrogen-bond donors (Lipinski definition) is 0.